The smallest absolute Gasteiger partial charge is 0.325 e. The number of esters is 1. The van der Waals surface area contributed by atoms with Crippen LogP contribution in [0, 0.1) is 13.5 Å². The highest BCUT2D eigenvalue weighted by molar-refractivity contribution is 7.89. The van der Waals surface area contributed by atoms with Gasteiger partial charge in [0.1, 0.15) is 6.54 Å². The Bertz CT molecular complexity index is 1210. The van der Waals surface area contributed by atoms with Crippen LogP contribution in [0.15, 0.2) is 29.2 Å². The molecule has 1 aromatic carbocycles. The van der Waals surface area contributed by atoms with E-state index in [1.165, 1.54) is 6.42 Å². The van der Waals surface area contributed by atoms with Crippen molar-refractivity contribution in [3.05, 3.63) is 58.2 Å². The number of carbonyl (C=O) groups is 1. The number of sulfonamides is 1. The summed E-state index contributed by atoms with van der Waals surface area (Å²) in [4.78, 5) is 16.8. The van der Waals surface area contributed by atoms with Crippen LogP contribution in [-0.4, -0.2) is 43.0 Å². The van der Waals surface area contributed by atoms with Crippen molar-refractivity contribution in [3.8, 4) is 0 Å². The Balaban J connectivity index is 1.79. The number of nitrogens with zero attached hydrogens (tertiary/aromatic N) is 3. The SMILES string of the molecule is [C-]#[N+]c1c(Cc2ccccc2S(=O)(=O)N2CCCC2)c(C)n(CC(=O)OCC)c1C1CCCCC1. The highest BCUT2D eigenvalue weighted by Crippen LogP contribution is 2.43. The van der Waals surface area contributed by atoms with Gasteiger partial charge in [-0.05, 0) is 69.1 Å². The van der Waals surface area contributed by atoms with Gasteiger partial charge in [-0.25, -0.2) is 13.3 Å². The average Bonchev–Trinajstić information content (AvgIpc) is 3.49. The van der Waals surface area contributed by atoms with E-state index in [4.69, 9.17) is 11.3 Å². The van der Waals surface area contributed by atoms with Gasteiger partial charge in [0.2, 0.25) is 15.7 Å². The summed E-state index contributed by atoms with van der Waals surface area (Å²) in [5.74, 6) is -0.0962. The van der Waals surface area contributed by atoms with E-state index < -0.39 is 10.0 Å². The standard InChI is InChI=1S/C27H35N3O4S/c1-4-34-25(31)19-30-20(2)23(26(28-3)27(30)21-12-6-5-7-13-21)18-22-14-8-9-15-24(22)35(32,33)29-16-10-11-17-29/h8-9,14-15,21H,4-7,10-13,16-19H2,1-2H3. The van der Waals surface area contributed by atoms with Crippen LogP contribution in [0.2, 0.25) is 0 Å². The highest BCUT2D eigenvalue weighted by atomic mass is 32.2. The molecule has 0 unspecified atom stereocenters. The van der Waals surface area contributed by atoms with Crippen molar-refractivity contribution in [1.82, 2.24) is 8.87 Å². The van der Waals surface area contributed by atoms with Gasteiger partial charge in [0.25, 0.3) is 0 Å². The summed E-state index contributed by atoms with van der Waals surface area (Å²) in [6.07, 6.45) is 7.49. The quantitative estimate of drug-likeness (QED) is 0.365. The average molecular weight is 498 g/mol. The van der Waals surface area contributed by atoms with Crippen LogP contribution in [-0.2, 0) is 32.5 Å². The van der Waals surface area contributed by atoms with Crippen molar-refractivity contribution in [1.29, 1.82) is 0 Å². The maximum atomic E-state index is 13.4. The molecule has 0 radical (unpaired) electrons. The van der Waals surface area contributed by atoms with E-state index in [9.17, 15) is 13.2 Å². The molecule has 2 aromatic rings. The van der Waals surface area contributed by atoms with Gasteiger partial charge in [-0.15, -0.1) is 0 Å². The van der Waals surface area contributed by atoms with Gasteiger partial charge in [0.15, 0.2) is 0 Å². The van der Waals surface area contributed by atoms with Gasteiger partial charge in [-0.2, -0.15) is 4.31 Å². The van der Waals surface area contributed by atoms with Crippen molar-refractivity contribution in [2.45, 2.75) is 82.6 Å². The predicted octanol–water partition coefficient (Wildman–Crippen LogP) is 5.33. The first-order valence-electron chi connectivity index (χ1n) is 12.7. The zero-order valence-corrected chi connectivity index (χ0v) is 21.6. The first-order chi connectivity index (χ1) is 16.9. The van der Waals surface area contributed by atoms with E-state index in [-0.39, 0.29) is 18.4 Å². The molecule has 0 bridgehead atoms. The van der Waals surface area contributed by atoms with Crippen LogP contribution in [0.25, 0.3) is 4.85 Å². The topological polar surface area (TPSA) is 73.0 Å². The zero-order chi connectivity index (χ0) is 25.0. The predicted molar refractivity (Wildman–Crippen MR) is 135 cm³/mol. The van der Waals surface area contributed by atoms with Crippen LogP contribution < -0.4 is 0 Å². The molecule has 4 rings (SSSR count). The van der Waals surface area contributed by atoms with E-state index in [0.717, 1.165) is 55.5 Å². The van der Waals surface area contributed by atoms with Crippen molar-refractivity contribution in [3.63, 3.8) is 0 Å². The lowest BCUT2D eigenvalue weighted by molar-refractivity contribution is -0.143. The molecule has 188 valence electrons. The molecule has 2 heterocycles. The van der Waals surface area contributed by atoms with Crippen molar-refractivity contribution >= 4 is 21.7 Å². The molecule has 1 saturated carbocycles. The van der Waals surface area contributed by atoms with E-state index >= 15 is 0 Å². The van der Waals surface area contributed by atoms with Crippen molar-refractivity contribution < 1.29 is 17.9 Å². The van der Waals surface area contributed by atoms with E-state index in [1.807, 2.05) is 23.6 Å². The summed E-state index contributed by atoms with van der Waals surface area (Å²) in [6, 6.07) is 7.13. The summed E-state index contributed by atoms with van der Waals surface area (Å²) in [7, 11) is -3.60. The molecule has 0 N–H and O–H groups in total. The number of hydrogen-bond donors (Lipinski definition) is 0. The fourth-order valence-corrected chi connectivity index (χ4v) is 7.36. The highest BCUT2D eigenvalue weighted by Gasteiger charge is 2.32. The third-order valence-electron chi connectivity index (χ3n) is 7.38. The lowest BCUT2D eigenvalue weighted by atomic mass is 9.86. The van der Waals surface area contributed by atoms with Crippen molar-refractivity contribution in [2.24, 2.45) is 0 Å². The maximum absolute atomic E-state index is 13.4. The molecule has 1 aliphatic carbocycles. The second-order valence-electron chi connectivity index (χ2n) is 9.53. The molecule has 0 amide bonds. The fourth-order valence-electron chi connectivity index (χ4n) is 5.62. The van der Waals surface area contributed by atoms with Crippen LogP contribution in [0.3, 0.4) is 0 Å². The Kier molecular flexibility index (Phi) is 7.98. The van der Waals surface area contributed by atoms with Gasteiger partial charge < -0.3 is 9.30 Å². The molecule has 0 spiro atoms. The zero-order valence-electron chi connectivity index (χ0n) is 20.8. The number of benzene rings is 1. The summed E-state index contributed by atoms with van der Waals surface area (Å²) >= 11 is 0. The first kappa shape index (κ1) is 25.5. The minimum Gasteiger partial charge on any atom is -0.465 e. The minimum absolute atomic E-state index is 0.0712. The number of rotatable bonds is 8. The molecule has 35 heavy (non-hydrogen) atoms. The lowest BCUT2D eigenvalue weighted by Crippen LogP contribution is -2.28. The molecule has 2 aliphatic rings. The summed E-state index contributed by atoms with van der Waals surface area (Å²) < 4.78 is 35.6. The lowest BCUT2D eigenvalue weighted by Gasteiger charge is -2.24. The normalized spacial score (nSPS) is 17.4. The Hall–Kier alpha value is -2.63. The Labute approximate surface area is 208 Å². The van der Waals surface area contributed by atoms with Gasteiger partial charge in [0.05, 0.1) is 18.1 Å². The third kappa shape index (κ3) is 5.17. The van der Waals surface area contributed by atoms with Gasteiger partial charge in [-0.3, -0.25) is 4.79 Å². The van der Waals surface area contributed by atoms with Gasteiger partial charge in [0, 0.05) is 24.5 Å². The fraction of sp³-hybridized carbons (Fsp3) is 0.556. The van der Waals surface area contributed by atoms with Gasteiger partial charge in [-0.1, -0.05) is 37.5 Å². The van der Waals surface area contributed by atoms with Crippen molar-refractivity contribution in [2.75, 3.05) is 19.7 Å². The molecule has 1 aromatic heterocycles. The Morgan fingerprint density at radius 3 is 2.46 bits per heavy atom. The van der Waals surface area contributed by atoms with E-state index in [2.05, 4.69) is 4.85 Å². The second-order valence-corrected chi connectivity index (χ2v) is 11.4. The summed E-state index contributed by atoms with van der Waals surface area (Å²) in [5, 5.41) is 0. The molecule has 2 fully saturated rings. The summed E-state index contributed by atoms with van der Waals surface area (Å²) in [6.45, 7) is 13.3. The molecular weight excluding hydrogens is 462 g/mol. The molecule has 8 heteroatoms. The third-order valence-corrected chi connectivity index (χ3v) is 9.38. The van der Waals surface area contributed by atoms with Crippen LogP contribution >= 0.6 is 0 Å². The second kappa shape index (κ2) is 11.0. The molecule has 0 atom stereocenters. The molecular formula is C27H35N3O4S. The number of ether oxygens (including phenoxy) is 1. The van der Waals surface area contributed by atoms with E-state index in [1.54, 1.807) is 23.4 Å². The Morgan fingerprint density at radius 2 is 1.80 bits per heavy atom. The monoisotopic (exact) mass is 497 g/mol. The van der Waals surface area contributed by atoms with E-state index in [0.29, 0.717) is 42.3 Å². The number of hydrogen-bond acceptors (Lipinski definition) is 4. The molecule has 7 nitrogen and oxygen atoms in total. The molecule has 1 aliphatic heterocycles. The van der Waals surface area contributed by atoms with Crippen LogP contribution in [0.5, 0.6) is 0 Å². The van der Waals surface area contributed by atoms with Crippen LogP contribution in [0.1, 0.15) is 80.3 Å². The molecule has 1 saturated heterocycles. The largest absolute Gasteiger partial charge is 0.465 e. The maximum Gasteiger partial charge on any atom is 0.325 e. The first-order valence-corrected chi connectivity index (χ1v) is 14.2. The van der Waals surface area contributed by atoms with Gasteiger partial charge >= 0.3 is 5.97 Å². The minimum atomic E-state index is -3.60. The number of aromatic nitrogens is 1. The van der Waals surface area contributed by atoms with Crippen LogP contribution in [0.4, 0.5) is 5.69 Å². The number of carbonyl (C=O) groups excluding carboxylic acids is 1. The summed E-state index contributed by atoms with van der Waals surface area (Å²) in [5.41, 5.74) is 3.84. The Morgan fingerprint density at radius 1 is 1.11 bits per heavy atom.